The fourth-order valence-electron chi connectivity index (χ4n) is 2.20. The number of nitrogens with zero attached hydrogens (tertiary/aromatic N) is 4. The van der Waals surface area contributed by atoms with Gasteiger partial charge in [0, 0.05) is 72.3 Å². The molecule has 0 radical (unpaired) electrons. The zero-order valence-corrected chi connectivity index (χ0v) is 29.8. The minimum Gasteiger partial charge on any atom is -0.545 e. The van der Waals surface area contributed by atoms with Crippen molar-refractivity contribution in [1.29, 1.82) is 0 Å². The molecule has 0 aliphatic heterocycles. The van der Waals surface area contributed by atoms with Gasteiger partial charge in [-0.1, -0.05) is 24.3 Å². The summed E-state index contributed by atoms with van der Waals surface area (Å²) in [5.74, 6) is -2.67. The van der Waals surface area contributed by atoms with Crippen LogP contribution in [0.2, 0.25) is 0 Å². The van der Waals surface area contributed by atoms with Crippen molar-refractivity contribution >= 4 is 34.7 Å². The van der Waals surface area contributed by atoms with Gasteiger partial charge in [-0.15, -0.1) is 0 Å². The number of carboxylic acid groups (broad SMARTS) is 2. The average molecular weight is 936 g/mol. The average Bonchev–Trinajstić information content (AvgIpc) is 2.96. The monoisotopic (exact) mass is 934 g/mol. The summed E-state index contributed by atoms with van der Waals surface area (Å²) in [6, 6.07) is 18.6. The molecule has 24 heteroatoms. The van der Waals surface area contributed by atoms with E-state index in [9.17, 15) is 19.8 Å². The minimum atomic E-state index is -1.33. The second-order valence-electron chi connectivity index (χ2n) is 7.27. The Labute approximate surface area is 329 Å². The summed E-state index contributed by atoms with van der Waals surface area (Å²) in [6.45, 7) is 0. The number of hydrogen-bond acceptors (Lipinski definition) is 12. The number of rotatable bonds is 2. The van der Waals surface area contributed by atoms with Crippen molar-refractivity contribution in [3.63, 3.8) is 0 Å². The molecule has 0 aliphatic rings. The molecule has 5 rings (SSSR count). The predicted octanol–water partition coefficient (Wildman–Crippen LogP) is -7.18. The van der Waals surface area contributed by atoms with Gasteiger partial charge in [-0.05, 0) is 59.7 Å². The molecule has 0 saturated carbocycles. The molecule has 52 heavy (non-hydrogen) atoms. The van der Waals surface area contributed by atoms with Gasteiger partial charge in [-0.3, -0.25) is 19.9 Å². The molecule has 0 unspecified atom stereocenters. The number of anilines is 4. The Balaban J connectivity index is -0.0000000369. The molecule has 4 aromatic heterocycles. The summed E-state index contributed by atoms with van der Waals surface area (Å²) < 4.78 is 0. The fraction of sp³-hybridized carbons (Fsp3) is 0. The van der Waals surface area contributed by atoms with Gasteiger partial charge in [-0.25, -0.2) is 0 Å². The van der Waals surface area contributed by atoms with Gasteiger partial charge in [0.1, 0.15) is 0 Å². The fourth-order valence-corrected chi connectivity index (χ4v) is 2.20. The molecule has 0 spiro atoms. The normalized spacial score (nSPS) is 6.77. The van der Waals surface area contributed by atoms with Crippen molar-refractivity contribution in [3.05, 3.63) is 133 Å². The molecule has 22 nitrogen and oxygen atoms in total. The van der Waals surface area contributed by atoms with Crippen molar-refractivity contribution < 1.29 is 119 Å². The molecular weight excluding hydrogens is 888 g/mol. The molecule has 0 bridgehead atoms. The van der Waals surface area contributed by atoms with Crippen LogP contribution in [0.15, 0.2) is 122 Å². The van der Waals surface area contributed by atoms with Gasteiger partial charge < -0.3 is 97.5 Å². The third-order valence-electron chi connectivity index (χ3n) is 4.18. The number of benzene rings is 1. The number of nitrogens with two attached hydrogens (primary N) is 4. The first-order valence-corrected chi connectivity index (χ1v) is 11.3. The Morgan fingerprint density at radius 2 is 0.481 bits per heavy atom. The van der Waals surface area contributed by atoms with Crippen LogP contribution in [-0.2, 0) is 44.8 Å². The number of pyridine rings is 4. The van der Waals surface area contributed by atoms with Crippen molar-refractivity contribution in [3.8, 4) is 0 Å². The summed E-state index contributed by atoms with van der Waals surface area (Å²) in [5, 5.41) is 20.4. The van der Waals surface area contributed by atoms with Gasteiger partial charge in [0.25, 0.3) is 0 Å². The van der Waals surface area contributed by atoms with E-state index < -0.39 is 11.9 Å². The second-order valence-corrected chi connectivity index (χ2v) is 7.27. The molecule has 306 valence electrons. The van der Waals surface area contributed by atoms with Crippen LogP contribution in [-0.4, -0.2) is 86.6 Å². The van der Waals surface area contributed by atoms with Crippen LogP contribution in [0.4, 0.5) is 22.7 Å². The Bertz CT molecular complexity index is 1220. The van der Waals surface area contributed by atoms with E-state index >= 15 is 0 Å². The van der Waals surface area contributed by atoms with Gasteiger partial charge in [0.2, 0.25) is 0 Å². The largest absolute Gasteiger partial charge is 1.00 e. The van der Waals surface area contributed by atoms with Gasteiger partial charge >= 0.3 is 44.8 Å². The Morgan fingerprint density at radius 3 is 0.558 bits per heavy atom. The van der Waals surface area contributed by atoms with Crippen LogP contribution in [0, 0.1) is 0 Å². The van der Waals surface area contributed by atoms with Gasteiger partial charge in [0.15, 0.2) is 0 Å². The Morgan fingerprint density at radius 1 is 0.346 bits per heavy atom. The van der Waals surface area contributed by atoms with Crippen molar-refractivity contribution in [2.75, 3.05) is 22.9 Å². The molecule has 0 amide bonds. The first-order chi connectivity index (χ1) is 19.2. The van der Waals surface area contributed by atoms with E-state index in [0.717, 1.165) is 47.0 Å². The van der Waals surface area contributed by atoms with Crippen LogP contribution in [0.25, 0.3) is 0 Å². The maximum Gasteiger partial charge on any atom is 1.00 e. The molecule has 0 fully saturated rings. The molecular formula is C28H48Ag2N8O14. The van der Waals surface area contributed by atoms with Crippen LogP contribution in [0.5, 0.6) is 0 Å². The SMILES string of the molecule is Nc1ccncc1.Nc1ccncc1.Nc1ccncc1.Nc1ccncc1.O.O.O.O.O.O.O.O.O.O.O=C([O-])c1ccc(C(=O)[O-])cc1.[Ag+].[Ag+]. The van der Waals surface area contributed by atoms with Crippen LogP contribution >= 0.6 is 0 Å². The van der Waals surface area contributed by atoms with E-state index in [4.69, 9.17) is 22.9 Å². The number of carbonyl (C=O) groups excluding carboxylic acids is 2. The zero-order chi connectivity index (χ0) is 29.6. The van der Waals surface area contributed by atoms with E-state index in [1.165, 1.54) is 0 Å². The van der Waals surface area contributed by atoms with E-state index in [0.29, 0.717) is 0 Å². The van der Waals surface area contributed by atoms with E-state index in [-0.39, 0.29) is 111 Å². The smallest absolute Gasteiger partial charge is 0.545 e. The zero-order valence-electron chi connectivity index (χ0n) is 26.9. The van der Waals surface area contributed by atoms with Gasteiger partial charge in [-0.2, -0.15) is 0 Å². The van der Waals surface area contributed by atoms with Crippen LogP contribution in [0.3, 0.4) is 0 Å². The maximum absolute atomic E-state index is 10.2. The minimum absolute atomic E-state index is 0. The number of nitrogen functional groups attached to an aromatic ring is 4. The quantitative estimate of drug-likeness (QED) is 0.120. The van der Waals surface area contributed by atoms with E-state index in [2.05, 4.69) is 19.9 Å². The summed E-state index contributed by atoms with van der Waals surface area (Å²) in [5.41, 5.74) is 24.2. The molecule has 28 N–H and O–H groups in total. The molecule has 0 aliphatic carbocycles. The van der Waals surface area contributed by atoms with Crippen molar-refractivity contribution in [2.45, 2.75) is 0 Å². The second kappa shape index (κ2) is 50.4. The topological polar surface area (TPSA) is 551 Å². The number of aromatic nitrogens is 4. The molecule has 0 atom stereocenters. The molecule has 5 aromatic rings. The Hall–Kier alpha value is -4.96. The summed E-state index contributed by atoms with van der Waals surface area (Å²) >= 11 is 0. The van der Waals surface area contributed by atoms with E-state index in [1.54, 1.807) is 98.1 Å². The predicted molar refractivity (Wildman–Crippen MR) is 186 cm³/mol. The summed E-state index contributed by atoms with van der Waals surface area (Å²) in [4.78, 5) is 35.5. The number of aromatic carboxylic acids is 2. The summed E-state index contributed by atoms with van der Waals surface area (Å²) in [7, 11) is 0. The van der Waals surface area contributed by atoms with E-state index in [1.807, 2.05) is 0 Å². The van der Waals surface area contributed by atoms with Crippen molar-refractivity contribution in [2.24, 2.45) is 0 Å². The van der Waals surface area contributed by atoms with Gasteiger partial charge in [0.05, 0.1) is 11.9 Å². The summed E-state index contributed by atoms with van der Waals surface area (Å²) in [6.07, 6.45) is 13.3. The Kier molecular flexibility index (Phi) is 78.7. The van der Waals surface area contributed by atoms with Crippen LogP contribution < -0.4 is 33.1 Å². The first-order valence-electron chi connectivity index (χ1n) is 11.3. The van der Waals surface area contributed by atoms with Crippen molar-refractivity contribution in [1.82, 2.24) is 19.9 Å². The first kappa shape index (κ1) is 81.2. The number of hydrogen-bond donors (Lipinski definition) is 4. The number of carbonyl (C=O) groups is 2. The number of carboxylic acids is 2. The molecule has 1 aromatic carbocycles. The van der Waals surface area contributed by atoms with Crippen LogP contribution in [0.1, 0.15) is 20.7 Å². The third kappa shape index (κ3) is 43.1. The molecule has 0 saturated heterocycles. The third-order valence-corrected chi connectivity index (χ3v) is 4.18. The standard InChI is InChI=1S/C8H6O4.4C5H6N2.2Ag.10H2O/c9-7(10)5-1-2-6(4-3-5)8(11)12;4*6-5-1-3-7-4-2-5;;;;;;;;;;;;/h1-4H,(H,9,10)(H,11,12);4*1-4H,(H2,6,7);;;10*1H2/q;;;;;2*+1;;;;;;;;;;/p-2. The maximum atomic E-state index is 10.2. The molecule has 4 heterocycles.